The number of nitrogens with zero attached hydrogens (tertiary/aromatic N) is 6. The van der Waals surface area contributed by atoms with Crippen molar-refractivity contribution >= 4 is 22.5 Å². The van der Waals surface area contributed by atoms with Gasteiger partial charge in [-0.2, -0.15) is 23.3 Å². The van der Waals surface area contributed by atoms with E-state index in [1.807, 2.05) is 11.9 Å². The van der Waals surface area contributed by atoms with Crippen LogP contribution in [0.4, 0.5) is 23.2 Å². The number of carbonyl (C=O) groups is 1. The molecule has 46 heavy (non-hydrogen) atoms. The average Bonchev–Trinajstić information content (AvgIpc) is 3.76. The molecule has 3 aromatic heterocycles. The first-order chi connectivity index (χ1) is 21.9. The number of likely N-dealkylation sites (tertiary alicyclic amines) is 1. The Labute approximate surface area is 262 Å². The Morgan fingerprint density at radius 1 is 1.24 bits per heavy atom. The van der Waals surface area contributed by atoms with E-state index in [0.717, 1.165) is 17.4 Å². The minimum atomic E-state index is -4.56. The Balaban J connectivity index is 1.22. The summed E-state index contributed by atoms with van der Waals surface area (Å²) >= 11 is 0. The Hall–Kier alpha value is -4.02. The topological polar surface area (TPSA) is 141 Å². The average molecular weight is 648 g/mol. The summed E-state index contributed by atoms with van der Waals surface area (Å²) in [6, 6.07) is 5.04. The molecule has 6 rings (SSSR count). The molecule has 0 spiro atoms. The molecule has 3 atom stereocenters. The first-order valence-corrected chi connectivity index (χ1v) is 15.2. The number of alkyl halides is 4. The van der Waals surface area contributed by atoms with E-state index in [1.165, 1.54) is 12.3 Å². The maximum absolute atomic E-state index is 15.2. The molecule has 1 aromatic carbocycles. The third kappa shape index (κ3) is 6.73. The minimum absolute atomic E-state index is 0.00568. The van der Waals surface area contributed by atoms with Gasteiger partial charge in [-0.3, -0.25) is 9.48 Å². The summed E-state index contributed by atoms with van der Waals surface area (Å²) in [4.78, 5) is 19.1. The number of rotatable bonds is 8. The van der Waals surface area contributed by atoms with Crippen molar-refractivity contribution in [2.45, 2.75) is 69.2 Å². The van der Waals surface area contributed by atoms with Gasteiger partial charge in [-0.25, -0.2) is 4.39 Å². The van der Waals surface area contributed by atoms with Crippen LogP contribution in [0.25, 0.3) is 22.4 Å². The van der Waals surface area contributed by atoms with E-state index in [4.69, 9.17) is 15.0 Å². The Bertz CT molecular complexity index is 1680. The molecule has 2 aliphatic rings. The van der Waals surface area contributed by atoms with Gasteiger partial charge in [-0.05, 0) is 58.0 Å². The summed E-state index contributed by atoms with van der Waals surface area (Å²) in [5.74, 6) is -0.498. The molecule has 2 saturated heterocycles. The van der Waals surface area contributed by atoms with Gasteiger partial charge in [-0.1, -0.05) is 11.2 Å². The van der Waals surface area contributed by atoms with Gasteiger partial charge in [0, 0.05) is 37.0 Å². The van der Waals surface area contributed by atoms with Crippen molar-refractivity contribution in [3.63, 3.8) is 0 Å². The Kier molecular flexibility index (Phi) is 8.78. The molecule has 0 saturated carbocycles. The summed E-state index contributed by atoms with van der Waals surface area (Å²) < 4.78 is 70.2. The molecule has 1 unspecified atom stereocenters. The van der Waals surface area contributed by atoms with Crippen molar-refractivity contribution in [3.8, 4) is 11.5 Å². The van der Waals surface area contributed by atoms with E-state index in [1.54, 1.807) is 29.1 Å². The fourth-order valence-electron chi connectivity index (χ4n) is 6.13. The zero-order chi connectivity index (χ0) is 32.6. The molecule has 0 aliphatic carbocycles. The highest BCUT2D eigenvalue weighted by Crippen LogP contribution is 2.35. The zero-order valence-corrected chi connectivity index (χ0v) is 25.6. The summed E-state index contributed by atoms with van der Waals surface area (Å²) in [6.07, 6.45) is -0.758. The van der Waals surface area contributed by atoms with Gasteiger partial charge >= 0.3 is 6.18 Å². The van der Waals surface area contributed by atoms with Gasteiger partial charge in [-0.15, -0.1) is 0 Å². The van der Waals surface area contributed by atoms with Crippen LogP contribution in [0.15, 0.2) is 41.2 Å². The van der Waals surface area contributed by atoms with Crippen LogP contribution < -0.4 is 16.4 Å². The number of carbonyl (C=O) groups excluding carboxylic acids is 1. The fraction of sp³-hybridized carbons (Fsp3) is 0.533. The minimum Gasteiger partial charge on any atom is -0.381 e. The van der Waals surface area contributed by atoms with Crippen LogP contribution >= 0.6 is 0 Å². The van der Waals surface area contributed by atoms with E-state index in [9.17, 15) is 18.0 Å². The number of ether oxygens (including phenoxy) is 1. The number of nitrogens with one attached hydrogen (secondary N) is 2. The first-order valence-electron chi connectivity index (χ1n) is 15.2. The van der Waals surface area contributed by atoms with Crippen molar-refractivity contribution in [3.05, 3.63) is 48.1 Å². The van der Waals surface area contributed by atoms with Crippen LogP contribution in [0.5, 0.6) is 0 Å². The molecule has 16 heteroatoms. The molecule has 2 fully saturated rings. The van der Waals surface area contributed by atoms with Crippen LogP contribution in [0.3, 0.4) is 0 Å². The summed E-state index contributed by atoms with van der Waals surface area (Å²) in [6.45, 7) is 2.84. The number of halogens is 4. The van der Waals surface area contributed by atoms with E-state index in [2.05, 4.69) is 32.8 Å². The standard InChI is InChI=1S/C30H37F4N9O3/c1-29(7-10-45-11-8-29)43-15-18(13-37-43)28(44)36-14-25-39-27(40-46-25)24-12-19-21(4-3-5-23(19)42(24)17-30(32,33)34)38-22-6-9-41(2)16-20(35)26(22)31/h3-5,12-13,15,20,22,26,38H,6-11,14,16-17,35H2,1-2H3,(H,36,44)/t20?,22-,26+/m1/s1. The second-order valence-corrected chi connectivity index (χ2v) is 12.4. The molecule has 248 valence electrons. The number of nitrogens with two attached hydrogens (primary N) is 1. The molecule has 0 radical (unpaired) electrons. The molecule has 12 nitrogen and oxygen atoms in total. The third-order valence-corrected chi connectivity index (χ3v) is 8.83. The van der Waals surface area contributed by atoms with E-state index in [-0.39, 0.29) is 35.0 Å². The van der Waals surface area contributed by atoms with Gasteiger partial charge in [0.2, 0.25) is 11.7 Å². The van der Waals surface area contributed by atoms with Crippen LogP contribution in [0.1, 0.15) is 42.4 Å². The first kappa shape index (κ1) is 31.9. The lowest BCUT2D eigenvalue weighted by molar-refractivity contribution is -0.139. The molecule has 2 aliphatic heterocycles. The van der Waals surface area contributed by atoms with Gasteiger partial charge in [0.05, 0.1) is 47.1 Å². The van der Waals surface area contributed by atoms with Gasteiger partial charge in [0.1, 0.15) is 12.7 Å². The molecule has 1 amide bonds. The lowest BCUT2D eigenvalue weighted by Crippen LogP contribution is -2.45. The monoisotopic (exact) mass is 647 g/mol. The lowest BCUT2D eigenvalue weighted by Gasteiger charge is -2.33. The largest absolute Gasteiger partial charge is 0.406 e. The number of benzene rings is 1. The number of hydrogen-bond acceptors (Lipinski definition) is 9. The highest BCUT2D eigenvalue weighted by molar-refractivity contribution is 5.96. The van der Waals surface area contributed by atoms with Crippen LogP contribution in [-0.2, 0) is 23.4 Å². The third-order valence-electron chi connectivity index (χ3n) is 8.83. The smallest absolute Gasteiger partial charge is 0.381 e. The second-order valence-electron chi connectivity index (χ2n) is 12.4. The maximum atomic E-state index is 15.2. The highest BCUT2D eigenvalue weighted by Gasteiger charge is 2.34. The van der Waals surface area contributed by atoms with Crippen molar-refractivity contribution in [1.82, 2.24) is 34.7 Å². The van der Waals surface area contributed by atoms with E-state index < -0.39 is 36.9 Å². The SMILES string of the molecule is CN1CC[C@@H](Nc2cccc3c2cc(-c2noc(CNC(=O)c4cnn(C5(C)CCOCC5)c4)n2)n3CC(F)(F)F)[C@@H](F)C(N)C1. The molecular weight excluding hydrogens is 610 g/mol. The highest BCUT2D eigenvalue weighted by atomic mass is 19.4. The molecule has 0 bridgehead atoms. The number of fused-ring (bicyclic) bond motifs is 1. The van der Waals surface area contributed by atoms with Gasteiger partial charge in [0.25, 0.3) is 5.91 Å². The van der Waals surface area contributed by atoms with Gasteiger partial charge in [0.15, 0.2) is 0 Å². The summed E-state index contributed by atoms with van der Waals surface area (Å²) in [5.41, 5.74) is 6.94. The number of likely N-dealkylation sites (N-methyl/N-ethyl adjacent to an activating group) is 1. The Morgan fingerprint density at radius 3 is 2.78 bits per heavy atom. The molecule has 5 heterocycles. The zero-order valence-electron chi connectivity index (χ0n) is 25.6. The summed E-state index contributed by atoms with van der Waals surface area (Å²) in [7, 11) is 1.87. The van der Waals surface area contributed by atoms with Crippen molar-refractivity contribution in [2.24, 2.45) is 5.73 Å². The van der Waals surface area contributed by atoms with E-state index in [0.29, 0.717) is 49.4 Å². The quantitative estimate of drug-likeness (QED) is 0.244. The van der Waals surface area contributed by atoms with Crippen LogP contribution in [-0.4, -0.2) is 93.1 Å². The molecular formula is C30H37F4N9O3. The van der Waals surface area contributed by atoms with Crippen molar-refractivity contribution in [2.75, 3.05) is 38.7 Å². The number of hydrogen-bond donors (Lipinski definition) is 3. The molecule has 4 N–H and O–H groups in total. The predicted molar refractivity (Wildman–Crippen MR) is 161 cm³/mol. The van der Waals surface area contributed by atoms with Crippen molar-refractivity contribution in [1.29, 1.82) is 0 Å². The predicted octanol–water partition coefficient (Wildman–Crippen LogP) is 3.69. The van der Waals surface area contributed by atoms with E-state index >= 15 is 4.39 Å². The van der Waals surface area contributed by atoms with Crippen LogP contribution in [0, 0.1) is 0 Å². The van der Waals surface area contributed by atoms with Gasteiger partial charge < -0.3 is 35.1 Å². The lowest BCUT2D eigenvalue weighted by atomic mass is 9.93. The maximum Gasteiger partial charge on any atom is 0.406 e. The Morgan fingerprint density at radius 2 is 2.02 bits per heavy atom. The van der Waals surface area contributed by atoms with Crippen molar-refractivity contribution < 1.29 is 31.6 Å². The normalized spacial score (nSPS) is 22.5. The fourth-order valence-corrected chi connectivity index (χ4v) is 6.13. The molecule has 4 aromatic rings. The summed E-state index contributed by atoms with van der Waals surface area (Å²) in [5, 5.41) is 14.6. The second kappa shape index (κ2) is 12.6. The number of amides is 1. The number of aromatic nitrogens is 5. The number of anilines is 1. The van der Waals surface area contributed by atoms with Crippen LogP contribution in [0.2, 0.25) is 0 Å².